The van der Waals surface area contributed by atoms with Gasteiger partial charge in [0.1, 0.15) is 6.61 Å². The average molecular weight is 320 g/mol. The van der Waals surface area contributed by atoms with Crippen molar-refractivity contribution in [2.75, 3.05) is 25.6 Å². The van der Waals surface area contributed by atoms with E-state index >= 15 is 0 Å². The second-order valence-corrected chi connectivity index (χ2v) is 4.73. The number of amides is 1. The van der Waals surface area contributed by atoms with E-state index in [0.29, 0.717) is 22.3 Å². The van der Waals surface area contributed by atoms with E-state index in [1.54, 1.807) is 18.2 Å². The monoisotopic (exact) mass is 319 g/mol. The van der Waals surface area contributed by atoms with Gasteiger partial charge in [-0.05, 0) is 18.2 Å². The second-order valence-electron chi connectivity index (χ2n) is 3.89. The van der Waals surface area contributed by atoms with Crippen LogP contribution in [0.2, 0.25) is 10.0 Å². The predicted octanol–water partition coefficient (Wildman–Crippen LogP) is 2.90. The maximum Gasteiger partial charge on any atom is 0.306 e. The molecule has 0 aliphatic carbocycles. The molecule has 0 spiro atoms. The number of esters is 1. The molecule has 110 valence electrons. The third-order valence-electron chi connectivity index (χ3n) is 2.31. The number of nitrogens with one attached hydrogen (secondary N) is 1. The summed E-state index contributed by atoms with van der Waals surface area (Å²) in [6.07, 6.45) is 0.00237. The number of hydrogen-bond acceptors (Lipinski definition) is 4. The zero-order valence-electron chi connectivity index (χ0n) is 10.9. The molecule has 1 aromatic carbocycles. The van der Waals surface area contributed by atoms with Gasteiger partial charge in [-0.15, -0.1) is 0 Å². The molecule has 0 fully saturated rings. The molecule has 0 unspecified atom stereocenters. The van der Waals surface area contributed by atoms with Crippen molar-refractivity contribution in [2.45, 2.75) is 12.8 Å². The highest BCUT2D eigenvalue weighted by atomic mass is 35.5. The molecule has 0 radical (unpaired) electrons. The Morgan fingerprint density at radius 1 is 1.20 bits per heavy atom. The topological polar surface area (TPSA) is 64.6 Å². The SMILES string of the molecule is COCCOC(=O)CCC(=O)Nc1cc(Cl)ccc1Cl. The van der Waals surface area contributed by atoms with Gasteiger partial charge >= 0.3 is 5.97 Å². The molecule has 1 rings (SSSR count). The van der Waals surface area contributed by atoms with Crippen LogP contribution >= 0.6 is 23.2 Å². The molecule has 0 bridgehead atoms. The Kier molecular flexibility index (Phi) is 7.36. The van der Waals surface area contributed by atoms with Crippen LogP contribution in [0, 0.1) is 0 Å². The number of carbonyl (C=O) groups is 2. The molecule has 1 N–H and O–H groups in total. The Labute approximate surface area is 127 Å². The number of methoxy groups -OCH3 is 1. The van der Waals surface area contributed by atoms with E-state index in [2.05, 4.69) is 5.32 Å². The lowest BCUT2D eigenvalue weighted by molar-refractivity contribution is -0.145. The van der Waals surface area contributed by atoms with E-state index in [1.165, 1.54) is 7.11 Å². The zero-order valence-corrected chi connectivity index (χ0v) is 12.5. The molecule has 1 amide bonds. The highest BCUT2D eigenvalue weighted by Crippen LogP contribution is 2.25. The van der Waals surface area contributed by atoms with Gasteiger partial charge < -0.3 is 14.8 Å². The minimum Gasteiger partial charge on any atom is -0.463 e. The van der Waals surface area contributed by atoms with Crippen LogP contribution in [0.15, 0.2) is 18.2 Å². The van der Waals surface area contributed by atoms with Crippen molar-refractivity contribution in [3.8, 4) is 0 Å². The predicted molar refractivity (Wildman–Crippen MR) is 77.2 cm³/mol. The molecule has 0 heterocycles. The molecule has 0 saturated heterocycles. The highest BCUT2D eigenvalue weighted by molar-refractivity contribution is 6.35. The third kappa shape index (κ3) is 6.23. The maximum atomic E-state index is 11.7. The van der Waals surface area contributed by atoms with E-state index in [-0.39, 0.29) is 25.4 Å². The van der Waals surface area contributed by atoms with Crippen LogP contribution in [0.25, 0.3) is 0 Å². The van der Waals surface area contributed by atoms with Crippen molar-refractivity contribution in [2.24, 2.45) is 0 Å². The first-order valence-electron chi connectivity index (χ1n) is 5.92. The number of anilines is 1. The summed E-state index contributed by atoms with van der Waals surface area (Å²) in [6, 6.07) is 4.74. The maximum absolute atomic E-state index is 11.7. The molecule has 0 aliphatic heterocycles. The third-order valence-corrected chi connectivity index (χ3v) is 2.87. The van der Waals surface area contributed by atoms with Gasteiger partial charge in [0.05, 0.1) is 23.7 Å². The fourth-order valence-corrected chi connectivity index (χ4v) is 1.67. The van der Waals surface area contributed by atoms with Crippen LogP contribution in [0.5, 0.6) is 0 Å². The lowest BCUT2D eigenvalue weighted by atomic mass is 10.2. The molecule has 20 heavy (non-hydrogen) atoms. The molecule has 0 atom stereocenters. The quantitative estimate of drug-likeness (QED) is 0.620. The Hall–Kier alpha value is -1.30. The standard InChI is InChI=1S/C13H15Cl2NO4/c1-19-6-7-20-13(18)5-4-12(17)16-11-8-9(14)2-3-10(11)15/h2-3,8H,4-7H2,1H3,(H,16,17). The molecule has 0 aliphatic rings. The van der Waals surface area contributed by atoms with E-state index in [1.807, 2.05) is 0 Å². The highest BCUT2D eigenvalue weighted by Gasteiger charge is 2.10. The first-order valence-corrected chi connectivity index (χ1v) is 6.68. The Morgan fingerprint density at radius 2 is 1.95 bits per heavy atom. The molecule has 0 saturated carbocycles. The van der Waals surface area contributed by atoms with Crippen molar-refractivity contribution >= 4 is 40.8 Å². The summed E-state index contributed by atoms with van der Waals surface area (Å²) in [4.78, 5) is 23.0. The number of halogens is 2. The number of benzene rings is 1. The lowest BCUT2D eigenvalue weighted by Crippen LogP contribution is -2.16. The summed E-state index contributed by atoms with van der Waals surface area (Å²) >= 11 is 11.7. The molecular formula is C13H15Cl2NO4. The Balaban J connectivity index is 2.36. The van der Waals surface area contributed by atoms with Crippen LogP contribution < -0.4 is 5.32 Å². The second kappa shape index (κ2) is 8.79. The van der Waals surface area contributed by atoms with Crippen LogP contribution in [-0.4, -0.2) is 32.2 Å². The fourth-order valence-electron chi connectivity index (χ4n) is 1.33. The van der Waals surface area contributed by atoms with Crippen molar-refractivity contribution in [1.82, 2.24) is 0 Å². The normalized spacial score (nSPS) is 10.2. The van der Waals surface area contributed by atoms with Gasteiger partial charge in [-0.2, -0.15) is 0 Å². The van der Waals surface area contributed by atoms with Gasteiger partial charge in [-0.25, -0.2) is 0 Å². The first-order chi connectivity index (χ1) is 9.52. The van der Waals surface area contributed by atoms with Gasteiger partial charge in [0.2, 0.25) is 5.91 Å². The summed E-state index contributed by atoms with van der Waals surface area (Å²) in [6.45, 7) is 0.507. The van der Waals surface area contributed by atoms with Crippen molar-refractivity contribution in [1.29, 1.82) is 0 Å². The lowest BCUT2D eigenvalue weighted by Gasteiger charge is -2.07. The number of carbonyl (C=O) groups excluding carboxylic acids is 2. The van der Waals surface area contributed by atoms with Crippen molar-refractivity contribution in [3.63, 3.8) is 0 Å². The van der Waals surface area contributed by atoms with Crippen LogP contribution in [-0.2, 0) is 19.1 Å². The van der Waals surface area contributed by atoms with Gasteiger partial charge in [-0.1, -0.05) is 23.2 Å². The van der Waals surface area contributed by atoms with Crippen molar-refractivity contribution < 1.29 is 19.1 Å². The smallest absolute Gasteiger partial charge is 0.306 e. The van der Waals surface area contributed by atoms with E-state index in [4.69, 9.17) is 32.7 Å². The van der Waals surface area contributed by atoms with Crippen LogP contribution in [0.4, 0.5) is 5.69 Å². The summed E-state index contributed by atoms with van der Waals surface area (Å²) in [5, 5.41) is 3.43. The Morgan fingerprint density at radius 3 is 2.65 bits per heavy atom. The number of rotatable bonds is 7. The summed E-state index contributed by atoms with van der Waals surface area (Å²) in [5.74, 6) is -0.785. The Bertz CT molecular complexity index is 479. The average Bonchev–Trinajstić information content (AvgIpc) is 2.41. The van der Waals surface area contributed by atoms with Gasteiger partial charge in [-0.3, -0.25) is 9.59 Å². The zero-order chi connectivity index (χ0) is 15.0. The summed E-state index contributed by atoms with van der Waals surface area (Å²) in [5.41, 5.74) is 0.414. The van der Waals surface area contributed by atoms with E-state index in [9.17, 15) is 9.59 Å². The van der Waals surface area contributed by atoms with Gasteiger partial charge in [0.15, 0.2) is 0 Å². The van der Waals surface area contributed by atoms with Gasteiger partial charge in [0, 0.05) is 18.6 Å². The minimum atomic E-state index is -0.450. The molecule has 1 aromatic rings. The molecule has 5 nitrogen and oxygen atoms in total. The molecular weight excluding hydrogens is 305 g/mol. The van der Waals surface area contributed by atoms with Crippen LogP contribution in [0.3, 0.4) is 0 Å². The number of hydrogen-bond donors (Lipinski definition) is 1. The van der Waals surface area contributed by atoms with Crippen molar-refractivity contribution in [3.05, 3.63) is 28.2 Å². The summed E-state index contributed by atoms with van der Waals surface area (Å²) in [7, 11) is 1.51. The molecule has 7 heteroatoms. The van der Waals surface area contributed by atoms with Gasteiger partial charge in [0.25, 0.3) is 0 Å². The van der Waals surface area contributed by atoms with E-state index in [0.717, 1.165) is 0 Å². The van der Waals surface area contributed by atoms with E-state index < -0.39 is 5.97 Å². The fraction of sp³-hybridized carbons (Fsp3) is 0.385. The minimum absolute atomic E-state index is 0.00622. The summed E-state index contributed by atoms with van der Waals surface area (Å²) < 4.78 is 9.57. The molecule has 0 aromatic heterocycles. The number of ether oxygens (including phenoxy) is 2. The van der Waals surface area contributed by atoms with Crippen LogP contribution in [0.1, 0.15) is 12.8 Å². The first kappa shape index (κ1) is 16.8. The largest absolute Gasteiger partial charge is 0.463 e.